The molecule has 2 rings (SSSR count). The average molecular weight is 401 g/mol. The zero-order valence-electron chi connectivity index (χ0n) is 13.8. The van der Waals surface area contributed by atoms with Crippen molar-refractivity contribution in [3.05, 3.63) is 65.4 Å². The number of aliphatic carboxylic acids is 1. The van der Waals surface area contributed by atoms with Crippen LogP contribution in [0.3, 0.4) is 0 Å². The number of alkyl halides is 3. The molecule has 0 saturated carbocycles. The molecule has 0 fully saturated rings. The van der Waals surface area contributed by atoms with Gasteiger partial charge in [-0.2, -0.15) is 0 Å². The molecular weight excluding hydrogens is 387 g/mol. The number of carbonyl (C=O) groups is 1. The number of halogens is 3. The third-order valence-corrected chi connectivity index (χ3v) is 4.79. The van der Waals surface area contributed by atoms with Gasteiger partial charge in [-0.3, -0.25) is 4.72 Å². The van der Waals surface area contributed by atoms with E-state index in [1.165, 1.54) is 37.3 Å². The molecule has 10 heteroatoms. The summed E-state index contributed by atoms with van der Waals surface area (Å²) in [5.41, 5.74) is -0.334. The number of carboxylic acids is 1. The van der Waals surface area contributed by atoms with Crippen LogP contribution in [-0.2, 0) is 14.8 Å². The van der Waals surface area contributed by atoms with Gasteiger partial charge in [0.2, 0.25) is 0 Å². The molecule has 0 aliphatic heterocycles. The van der Waals surface area contributed by atoms with E-state index in [1.807, 2.05) is 4.72 Å². The summed E-state index contributed by atoms with van der Waals surface area (Å²) < 4.78 is 67.4. The molecule has 0 unspecified atom stereocenters. The predicted octanol–water partition coefficient (Wildman–Crippen LogP) is 3.30. The highest BCUT2D eigenvalue weighted by Gasteiger charge is 2.31. The lowest BCUT2D eigenvalue weighted by molar-refractivity contribution is -0.274. The monoisotopic (exact) mass is 401 g/mol. The van der Waals surface area contributed by atoms with E-state index in [0.29, 0.717) is 5.56 Å². The number of benzene rings is 2. The van der Waals surface area contributed by atoms with Crippen LogP contribution in [-0.4, -0.2) is 25.9 Å². The molecule has 2 aromatic carbocycles. The van der Waals surface area contributed by atoms with E-state index < -0.39 is 33.8 Å². The molecule has 0 spiro atoms. The minimum absolute atomic E-state index is 0.00151. The van der Waals surface area contributed by atoms with Gasteiger partial charge in [0, 0.05) is 0 Å². The summed E-state index contributed by atoms with van der Waals surface area (Å²) in [7, 11) is -4.20. The molecule has 2 N–H and O–H groups in total. The maximum absolute atomic E-state index is 12.4. The van der Waals surface area contributed by atoms with Crippen molar-refractivity contribution < 1.29 is 36.2 Å². The molecule has 0 aromatic heterocycles. The van der Waals surface area contributed by atoms with E-state index in [-0.39, 0.29) is 10.5 Å². The molecular formula is C17H14F3NO5S. The highest BCUT2D eigenvalue weighted by molar-refractivity contribution is 7.89. The number of ether oxygens (including phenoxy) is 1. The fraction of sp³-hybridized carbons (Fsp3) is 0.118. The molecule has 0 bridgehead atoms. The molecule has 0 heterocycles. The first-order chi connectivity index (χ1) is 12.5. The lowest BCUT2D eigenvalue weighted by Crippen LogP contribution is -2.28. The smallest absolute Gasteiger partial charge is 0.477 e. The minimum Gasteiger partial charge on any atom is -0.477 e. The number of nitrogens with one attached hydrogen (secondary N) is 1. The van der Waals surface area contributed by atoms with Crippen LogP contribution in [0.25, 0.3) is 6.08 Å². The Hall–Kier alpha value is -3.01. The molecule has 2 aromatic rings. The lowest BCUT2D eigenvalue weighted by atomic mass is 10.2. The molecule has 0 aliphatic carbocycles. The Kier molecular flexibility index (Phi) is 5.79. The standard InChI is InChI=1S/C17H14F3NO5S/c1-11-5-2-3-8-15(11)27(24,25)21-14(16(22)23)10-12-6-4-7-13(9-12)26-17(18,19)20/h2-10,21H,1H3,(H,22,23). The van der Waals surface area contributed by atoms with Crippen molar-refractivity contribution in [3.8, 4) is 5.75 Å². The number of carboxylic acid groups (broad SMARTS) is 1. The van der Waals surface area contributed by atoms with Crippen LogP contribution in [0.15, 0.2) is 59.1 Å². The van der Waals surface area contributed by atoms with Crippen LogP contribution in [0.4, 0.5) is 13.2 Å². The normalized spacial score (nSPS) is 12.5. The summed E-state index contributed by atoms with van der Waals surface area (Å²) in [6.45, 7) is 1.54. The number of rotatable bonds is 6. The second-order valence-electron chi connectivity index (χ2n) is 5.35. The second-order valence-corrected chi connectivity index (χ2v) is 7.01. The molecule has 0 amide bonds. The predicted molar refractivity (Wildman–Crippen MR) is 90.2 cm³/mol. The molecule has 6 nitrogen and oxygen atoms in total. The van der Waals surface area contributed by atoms with Gasteiger partial charge in [-0.05, 0) is 42.3 Å². The van der Waals surface area contributed by atoms with Gasteiger partial charge in [-0.1, -0.05) is 30.3 Å². The van der Waals surface area contributed by atoms with Crippen LogP contribution in [0.5, 0.6) is 5.75 Å². The number of sulfonamides is 1. The highest BCUT2D eigenvalue weighted by atomic mass is 32.2. The zero-order valence-corrected chi connectivity index (χ0v) is 14.6. The van der Waals surface area contributed by atoms with Crippen molar-refractivity contribution in [1.82, 2.24) is 4.72 Å². The molecule has 0 saturated heterocycles. The Morgan fingerprint density at radius 1 is 1.15 bits per heavy atom. The van der Waals surface area contributed by atoms with Gasteiger partial charge in [0.15, 0.2) is 0 Å². The van der Waals surface area contributed by atoms with Crippen LogP contribution >= 0.6 is 0 Å². The molecule has 0 radical (unpaired) electrons. The number of hydrogen-bond donors (Lipinski definition) is 2. The molecule has 144 valence electrons. The van der Waals surface area contributed by atoms with Gasteiger partial charge < -0.3 is 9.84 Å². The summed E-state index contributed by atoms with van der Waals surface area (Å²) in [6.07, 6.45) is -4.02. The molecule has 27 heavy (non-hydrogen) atoms. The second kappa shape index (κ2) is 7.70. The van der Waals surface area contributed by atoms with Gasteiger partial charge in [0.25, 0.3) is 10.0 Å². The lowest BCUT2D eigenvalue weighted by Gasteiger charge is -2.11. The summed E-state index contributed by atoms with van der Waals surface area (Å²) in [6, 6.07) is 10.4. The average Bonchev–Trinajstić information content (AvgIpc) is 2.53. The van der Waals surface area contributed by atoms with E-state index in [9.17, 15) is 31.5 Å². The maximum atomic E-state index is 12.4. The largest absolute Gasteiger partial charge is 0.573 e. The van der Waals surface area contributed by atoms with E-state index in [1.54, 1.807) is 6.07 Å². The fourth-order valence-corrected chi connectivity index (χ4v) is 3.46. The summed E-state index contributed by atoms with van der Waals surface area (Å²) >= 11 is 0. The van der Waals surface area contributed by atoms with Crippen LogP contribution in [0.1, 0.15) is 11.1 Å². The van der Waals surface area contributed by atoms with Crippen LogP contribution in [0.2, 0.25) is 0 Å². The molecule has 0 aliphatic rings. The van der Waals surface area contributed by atoms with Crippen molar-refractivity contribution in [2.24, 2.45) is 0 Å². The highest BCUT2D eigenvalue weighted by Crippen LogP contribution is 2.24. The quantitative estimate of drug-likeness (QED) is 0.725. The van der Waals surface area contributed by atoms with Crippen molar-refractivity contribution in [2.75, 3.05) is 0 Å². The Bertz CT molecular complexity index is 984. The van der Waals surface area contributed by atoms with Gasteiger partial charge in [-0.25, -0.2) is 13.2 Å². The maximum Gasteiger partial charge on any atom is 0.573 e. The van der Waals surface area contributed by atoms with E-state index in [4.69, 9.17) is 0 Å². The third kappa shape index (κ3) is 5.74. The Labute approximate surface area is 153 Å². The first-order valence-electron chi connectivity index (χ1n) is 7.37. The van der Waals surface area contributed by atoms with Crippen LogP contribution in [0, 0.1) is 6.92 Å². The Morgan fingerprint density at radius 2 is 1.81 bits per heavy atom. The fourth-order valence-electron chi connectivity index (χ4n) is 2.16. The minimum atomic E-state index is -4.91. The van der Waals surface area contributed by atoms with Crippen molar-refractivity contribution in [3.63, 3.8) is 0 Å². The van der Waals surface area contributed by atoms with Gasteiger partial charge in [0.1, 0.15) is 11.4 Å². The topological polar surface area (TPSA) is 92.7 Å². The van der Waals surface area contributed by atoms with Gasteiger partial charge >= 0.3 is 12.3 Å². The Balaban J connectivity index is 2.37. The third-order valence-electron chi connectivity index (χ3n) is 3.26. The summed E-state index contributed by atoms with van der Waals surface area (Å²) in [5.74, 6) is -2.17. The van der Waals surface area contributed by atoms with Gasteiger partial charge in [-0.15, -0.1) is 13.2 Å². The van der Waals surface area contributed by atoms with Crippen LogP contribution < -0.4 is 9.46 Å². The summed E-state index contributed by atoms with van der Waals surface area (Å²) in [4.78, 5) is 11.3. The Morgan fingerprint density at radius 3 is 2.41 bits per heavy atom. The van der Waals surface area contributed by atoms with E-state index >= 15 is 0 Å². The molecule has 0 atom stereocenters. The van der Waals surface area contributed by atoms with E-state index in [0.717, 1.165) is 18.2 Å². The van der Waals surface area contributed by atoms with Crippen molar-refractivity contribution in [1.29, 1.82) is 0 Å². The number of aryl methyl sites for hydroxylation is 1. The summed E-state index contributed by atoms with van der Waals surface area (Å²) in [5, 5.41) is 9.26. The first-order valence-corrected chi connectivity index (χ1v) is 8.85. The van der Waals surface area contributed by atoms with Crippen molar-refractivity contribution in [2.45, 2.75) is 18.2 Å². The zero-order chi connectivity index (χ0) is 20.2. The first kappa shape index (κ1) is 20.3. The number of hydrogen-bond acceptors (Lipinski definition) is 4. The SMILES string of the molecule is Cc1ccccc1S(=O)(=O)NC(=Cc1cccc(OC(F)(F)F)c1)C(=O)O. The van der Waals surface area contributed by atoms with E-state index in [2.05, 4.69) is 4.74 Å². The van der Waals surface area contributed by atoms with Crippen molar-refractivity contribution >= 4 is 22.1 Å². The van der Waals surface area contributed by atoms with Gasteiger partial charge in [0.05, 0.1) is 4.90 Å².